The van der Waals surface area contributed by atoms with Crippen LogP contribution in [0.4, 0.5) is 0 Å². The quantitative estimate of drug-likeness (QED) is 0.149. The van der Waals surface area contributed by atoms with Crippen molar-refractivity contribution in [3.63, 3.8) is 0 Å². The number of rotatable bonds is 12. The van der Waals surface area contributed by atoms with E-state index in [4.69, 9.17) is 16.6 Å². The largest absolute Gasteiger partial charge is 0.480 e. The van der Waals surface area contributed by atoms with E-state index < -0.39 is 60.4 Å². The van der Waals surface area contributed by atoms with Crippen molar-refractivity contribution < 1.29 is 34.2 Å². The molecule has 0 heterocycles. The van der Waals surface area contributed by atoms with Crippen LogP contribution in [-0.4, -0.2) is 76.3 Å². The van der Waals surface area contributed by atoms with E-state index in [-0.39, 0.29) is 18.6 Å². The maximum atomic E-state index is 12.1. The minimum atomic E-state index is -1.37. The normalized spacial score (nSPS) is 15.0. The van der Waals surface area contributed by atoms with Gasteiger partial charge in [0.25, 0.3) is 0 Å². The molecule has 0 radical (unpaired) electrons. The van der Waals surface area contributed by atoms with Crippen molar-refractivity contribution in [3.05, 3.63) is 0 Å². The molecule has 4 unspecified atom stereocenters. The van der Waals surface area contributed by atoms with Crippen LogP contribution in [0.3, 0.4) is 0 Å². The number of aliphatic hydroxyl groups excluding tert-OH is 1. The third-order valence-electron chi connectivity index (χ3n) is 3.40. The first-order chi connectivity index (χ1) is 12.5. The van der Waals surface area contributed by atoms with Gasteiger partial charge in [0.15, 0.2) is 0 Å². The van der Waals surface area contributed by atoms with Crippen molar-refractivity contribution in [1.82, 2.24) is 16.0 Å². The van der Waals surface area contributed by atoms with Gasteiger partial charge in [-0.2, -0.15) is 12.6 Å². The third-order valence-corrected chi connectivity index (χ3v) is 3.79. The summed E-state index contributed by atoms with van der Waals surface area (Å²) in [5, 5.41) is 24.9. The second kappa shape index (κ2) is 12.1. The highest BCUT2D eigenvalue weighted by Gasteiger charge is 2.27. The Bertz CT molecular complexity index is 574. The van der Waals surface area contributed by atoms with Crippen LogP contribution >= 0.6 is 12.6 Å². The number of carboxylic acids is 1. The predicted molar refractivity (Wildman–Crippen MR) is 96.4 cm³/mol. The lowest BCUT2D eigenvalue weighted by molar-refractivity contribution is -0.142. The summed E-state index contributed by atoms with van der Waals surface area (Å²) in [6, 6.07) is -4.90. The molecule has 0 spiro atoms. The first-order valence-corrected chi connectivity index (χ1v) is 8.56. The van der Waals surface area contributed by atoms with Gasteiger partial charge in [0.05, 0.1) is 12.6 Å². The number of amides is 4. The number of aliphatic carboxylic acids is 1. The van der Waals surface area contributed by atoms with Crippen LogP contribution in [0, 0.1) is 0 Å². The molecular weight excluding hydrogens is 382 g/mol. The molecule has 0 aromatic carbocycles. The number of primary amides is 1. The van der Waals surface area contributed by atoms with E-state index in [9.17, 15) is 29.1 Å². The fraction of sp³-hybridized carbons (Fsp3) is 0.643. The van der Waals surface area contributed by atoms with Crippen molar-refractivity contribution >= 4 is 42.2 Å². The Labute approximate surface area is 160 Å². The maximum Gasteiger partial charge on any atom is 0.326 e. The molecule has 154 valence electrons. The molecule has 0 aliphatic carbocycles. The van der Waals surface area contributed by atoms with Crippen LogP contribution in [-0.2, 0) is 24.0 Å². The predicted octanol–water partition coefficient (Wildman–Crippen LogP) is -3.94. The van der Waals surface area contributed by atoms with Crippen molar-refractivity contribution in [2.75, 3.05) is 12.4 Å². The average Bonchev–Trinajstić information content (AvgIpc) is 2.60. The lowest BCUT2D eigenvalue weighted by atomic mass is 10.1. The summed E-state index contributed by atoms with van der Waals surface area (Å²) in [4.78, 5) is 57.6. The number of nitrogens with one attached hydrogen (secondary N) is 3. The SMILES string of the molecule is CC(NC(=O)C(CO)NC(=O)C(N)CS)C(=O)NC(CCC(N)=O)C(=O)O. The highest BCUT2D eigenvalue weighted by molar-refractivity contribution is 7.80. The van der Waals surface area contributed by atoms with Gasteiger partial charge in [-0.05, 0) is 13.3 Å². The van der Waals surface area contributed by atoms with Gasteiger partial charge in [-0.3, -0.25) is 19.2 Å². The average molecular weight is 407 g/mol. The summed E-state index contributed by atoms with van der Waals surface area (Å²) < 4.78 is 0. The monoisotopic (exact) mass is 407 g/mol. The fourth-order valence-corrected chi connectivity index (χ4v) is 1.94. The molecule has 4 atom stereocenters. The van der Waals surface area contributed by atoms with Gasteiger partial charge in [-0.25, -0.2) is 4.79 Å². The highest BCUT2D eigenvalue weighted by Crippen LogP contribution is 1.99. The number of hydrogen-bond acceptors (Lipinski definition) is 8. The number of hydrogen-bond donors (Lipinski definition) is 8. The molecule has 0 aromatic heterocycles. The molecule has 0 aliphatic rings. The Morgan fingerprint density at radius 1 is 1.00 bits per heavy atom. The molecule has 0 saturated heterocycles. The van der Waals surface area contributed by atoms with Crippen LogP contribution in [0.15, 0.2) is 0 Å². The summed E-state index contributed by atoms with van der Waals surface area (Å²) in [5.41, 5.74) is 10.4. The van der Waals surface area contributed by atoms with Gasteiger partial charge >= 0.3 is 5.97 Å². The second-order valence-electron chi connectivity index (χ2n) is 5.67. The van der Waals surface area contributed by atoms with Crippen molar-refractivity contribution in [2.24, 2.45) is 11.5 Å². The molecule has 0 bridgehead atoms. The molecule has 0 saturated carbocycles. The number of carboxylic acid groups (broad SMARTS) is 1. The van der Waals surface area contributed by atoms with Gasteiger partial charge < -0.3 is 37.6 Å². The van der Waals surface area contributed by atoms with Crippen LogP contribution in [0.2, 0.25) is 0 Å². The highest BCUT2D eigenvalue weighted by atomic mass is 32.1. The molecule has 9 N–H and O–H groups in total. The molecule has 27 heavy (non-hydrogen) atoms. The van der Waals surface area contributed by atoms with E-state index in [2.05, 4.69) is 28.6 Å². The van der Waals surface area contributed by atoms with Gasteiger partial charge in [0.2, 0.25) is 23.6 Å². The minimum absolute atomic E-state index is 0.0201. The number of carbonyl (C=O) groups excluding carboxylic acids is 4. The number of thiol groups is 1. The number of aliphatic hydroxyl groups is 1. The van der Waals surface area contributed by atoms with Gasteiger partial charge in [0, 0.05) is 12.2 Å². The third kappa shape index (κ3) is 9.21. The topological polar surface area (TPSA) is 214 Å². The zero-order chi connectivity index (χ0) is 21.1. The molecule has 0 fully saturated rings. The number of carbonyl (C=O) groups is 5. The Morgan fingerprint density at radius 3 is 2.00 bits per heavy atom. The van der Waals surface area contributed by atoms with E-state index in [0.717, 1.165) is 0 Å². The molecule has 12 nitrogen and oxygen atoms in total. The van der Waals surface area contributed by atoms with E-state index in [1.807, 2.05) is 0 Å². The van der Waals surface area contributed by atoms with E-state index in [1.165, 1.54) is 6.92 Å². The summed E-state index contributed by atoms with van der Waals surface area (Å²) in [6.45, 7) is 0.525. The fourth-order valence-electron chi connectivity index (χ4n) is 1.78. The zero-order valence-corrected chi connectivity index (χ0v) is 15.6. The summed E-state index contributed by atoms with van der Waals surface area (Å²) in [5.74, 6) is -4.50. The molecule has 0 aromatic rings. The lowest BCUT2D eigenvalue weighted by Gasteiger charge is -2.22. The Balaban J connectivity index is 4.77. The van der Waals surface area contributed by atoms with Crippen molar-refractivity contribution in [2.45, 2.75) is 43.9 Å². The molecule has 13 heteroatoms. The molecule has 4 amide bonds. The zero-order valence-electron chi connectivity index (χ0n) is 14.7. The van der Waals surface area contributed by atoms with Crippen LogP contribution in [0.5, 0.6) is 0 Å². The minimum Gasteiger partial charge on any atom is -0.480 e. The van der Waals surface area contributed by atoms with Gasteiger partial charge in [-0.15, -0.1) is 0 Å². The van der Waals surface area contributed by atoms with E-state index in [0.29, 0.717) is 0 Å². The standard InChI is InChI=1S/C14H25N5O7S/c1-6(11(22)18-8(14(25)26)2-3-10(16)21)17-13(24)9(4-20)19-12(23)7(15)5-27/h6-9,20,27H,2-5,15H2,1H3,(H2,16,21)(H,17,24)(H,18,22)(H,19,23)(H,25,26). The smallest absolute Gasteiger partial charge is 0.326 e. The summed E-state index contributed by atoms with van der Waals surface area (Å²) in [7, 11) is 0. The Kier molecular flexibility index (Phi) is 11.0. The Morgan fingerprint density at radius 2 is 1.56 bits per heavy atom. The van der Waals surface area contributed by atoms with Crippen molar-refractivity contribution in [1.29, 1.82) is 0 Å². The lowest BCUT2D eigenvalue weighted by Crippen LogP contribution is -2.57. The second-order valence-corrected chi connectivity index (χ2v) is 6.03. The summed E-state index contributed by atoms with van der Waals surface area (Å²) in [6.07, 6.45) is -0.462. The van der Waals surface area contributed by atoms with Gasteiger partial charge in [0.1, 0.15) is 18.1 Å². The van der Waals surface area contributed by atoms with Crippen LogP contribution in [0.25, 0.3) is 0 Å². The Hall–Kier alpha value is -2.38. The summed E-state index contributed by atoms with van der Waals surface area (Å²) >= 11 is 3.84. The first kappa shape index (κ1) is 24.6. The number of nitrogens with two attached hydrogens (primary N) is 2. The van der Waals surface area contributed by atoms with Crippen LogP contribution < -0.4 is 27.4 Å². The molecule has 0 aliphatic heterocycles. The van der Waals surface area contributed by atoms with Crippen LogP contribution in [0.1, 0.15) is 19.8 Å². The van der Waals surface area contributed by atoms with E-state index >= 15 is 0 Å². The first-order valence-electron chi connectivity index (χ1n) is 7.93. The van der Waals surface area contributed by atoms with Gasteiger partial charge in [-0.1, -0.05) is 0 Å². The molecule has 0 rings (SSSR count). The molecular formula is C14H25N5O7S. The maximum absolute atomic E-state index is 12.1. The van der Waals surface area contributed by atoms with E-state index in [1.54, 1.807) is 0 Å². The van der Waals surface area contributed by atoms with Crippen molar-refractivity contribution in [3.8, 4) is 0 Å².